The van der Waals surface area contributed by atoms with E-state index in [0.29, 0.717) is 17.4 Å². The molecule has 0 fully saturated rings. The van der Waals surface area contributed by atoms with Crippen LogP contribution in [0.5, 0.6) is 0 Å². The van der Waals surface area contributed by atoms with Gasteiger partial charge in [-0.25, -0.2) is 4.57 Å². The molecular weight excluding hydrogens is 774 g/mol. The average molecular weight is 871 g/mol. The van der Waals surface area contributed by atoms with Gasteiger partial charge in [-0.15, -0.1) is 0 Å². The van der Waals surface area contributed by atoms with Crippen molar-refractivity contribution in [3.05, 3.63) is 24.3 Å². The van der Waals surface area contributed by atoms with Gasteiger partial charge in [0.2, 0.25) is 0 Å². The number of phosphoric acid groups is 1. The molecule has 354 valence electrons. The molecule has 1 N–H and O–H groups in total. The van der Waals surface area contributed by atoms with Crippen molar-refractivity contribution in [2.24, 2.45) is 0 Å². The summed E-state index contributed by atoms with van der Waals surface area (Å²) < 4.78 is 34.4. The van der Waals surface area contributed by atoms with Gasteiger partial charge in [-0.2, -0.15) is 0 Å². The van der Waals surface area contributed by atoms with Gasteiger partial charge in [0.1, 0.15) is 19.8 Å². The molecule has 0 saturated carbocycles. The first kappa shape index (κ1) is 58.5. The van der Waals surface area contributed by atoms with Gasteiger partial charge in [0.05, 0.1) is 27.7 Å². The molecule has 0 aliphatic heterocycles. The second kappa shape index (κ2) is 42.8. The van der Waals surface area contributed by atoms with Crippen LogP contribution in [0.1, 0.15) is 232 Å². The number of phosphoric ester groups is 1. The number of ether oxygens (including phenoxy) is 2. The van der Waals surface area contributed by atoms with E-state index in [0.717, 1.165) is 51.4 Å². The first-order valence-corrected chi connectivity index (χ1v) is 26.6. The molecule has 60 heavy (non-hydrogen) atoms. The molecule has 0 aromatic heterocycles. The number of esters is 2. The van der Waals surface area contributed by atoms with Crippen LogP contribution in [0.2, 0.25) is 0 Å². The highest BCUT2D eigenvalue weighted by atomic mass is 31.2. The molecule has 0 aromatic rings. The lowest BCUT2D eigenvalue weighted by Gasteiger charge is -2.24. The van der Waals surface area contributed by atoms with E-state index in [4.69, 9.17) is 18.5 Å². The van der Waals surface area contributed by atoms with E-state index in [-0.39, 0.29) is 32.0 Å². The van der Waals surface area contributed by atoms with Crippen LogP contribution >= 0.6 is 7.82 Å². The third-order valence-corrected chi connectivity index (χ3v) is 12.0. The van der Waals surface area contributed by atoms with Crippen molar-refractivity contribution in [2.45, 2.75) is 238 Å². The minimum absolute atomic E-state index is 0.0326. The normalized spacial score (nSPS) is 13.6. The molecule has 0 aliphatic rings. The average Bonchev–Trinajstić information content (AvgIpc) is 3.20. The fourth-order valence-electron chi connectivity index (χ4n) is 7.05. The van der Waals surface area contributed by atoms with Crippen LogP contribution < -0.4 is 0 Å². The van der Waals surface area contributed by atoms with Gasteiger partial charge in [0.25, 0.3) is 0 Å². The van der Waals surface area contributed by atoms with Crippen LogP contribution in [0.4, 0.5) is 0 Å². The summed E-state index contributed by atoms with van der Waals surface area (Å²) in [5.41, 5.74) is 0. The number of nitrogens with zero attached hydrogens (tertiary/aromatic N) is 1. The number of unbranched alkanes of at least 4 members (excludes halogenated alkanes) is 28. The maximum Gasteiger partial charge on any atom is 0.472 e. The van der Waals surface area contributed by atoms with E-state index in [1.807, 2.05) is 21.1 Å². The van der Waals surface area contributed by atoms with Crippen LogP contribution in [0.3, 0.4) is 0 Å². The minimum Gasteiger partial charge on any atom is -0.462 e. The molecule has 0 amide bonds. The first-order valence-electron chi connectivity index (χ1n) is 25.1. The molecule has 0 saturated heterocycles. The Hall–Kier alpha value is -1.51. The Balaban J connectivity index is 4.25. The predicted octanol–water partition coefficient (Wildman–Crippen LogP) is 14.7. The van der Waals surface area contributed by atoms with Crippen molar-refractivity contribution >= 4 is 19.8 Å². The van der Waals surface area contributed by atoms with E-state index in [9.17, 15) is 19.0 Å². The van der Waals surface area contributed by atoms with Crippen LogP contribution in [-0.2, 0) is 32.7 Å². The van der Waals surface area contributed by atoms with E-state index in [2.05, 4.69) is 38.2 Å². The molecule has 1 unspecified atom stereocenters. The van der Waals surface area contributed by atoms with Gasteiger partial charge >= 0.3 is 19.8 Å². The van der Waals surface area contributed by atoms with Gasteiger partial charge in [0, 0.05) is 12.8 Å². The zero-order chi connectivity index (χ0) is 44.3. The Kier molecular flexibility index (Phi) is 41.7. The topological polar surface area (TPSA) is 108 Å². The second-order valence-corrected chi connectivity index (χ2v) is 19.7. The minimum atomic E-state index is -4.38. The fraction of sp³-hybridized carbons (Fsp3) is 0.880. The lowest BCUT2D eigenvalue weighted by molar-refractivity contribution is -0.870. The van der Waals surface area contributed by atoms with Gasteiger partial charge in [0.15, 0.2) is 6.10 Å². The van der Waals surface area contributed by atoms with Crippen molar-refractivity contribution < 1.29 is 42.1 Å². The number of carbonyl (C=O) groups is 2. The van der Waals surface area contributed by atoms with Crippen molar-refractivity contribution in [3.63, 3.8) is 0 Å². The lowest BCUT2D eigenvalue weighted by atomic mass is 10.0. The second-order valence-electron chi connectivity index (χ2n) is 18.2. The van der Waals surface area contributed by atoms with E-state index in [1.54, 1.807) is 0 Å². The summed E-state index contributed by atoms with van der Waals surface area (Å²) in [4.78, 5) is 35.5. The Bertz CT molecular complexity index is 1070. The van der Waals surface area contributed by atoms with E-state index < -0.39 is 26.5 Å². The maximum atomic E-state index is 12.7. The standard InChI is InChI=1S/C50H96NO8P/c1-6-8-10-12-14-16-18-20-22-24-25-27-29-31-33-35-37-39-41-43-50(53)59-48(47-58-60(54,55)57-45-44-51(3,4)5)46-56-49(52)42-40-38-36-34-32-30-28-26-23-21-19-17-15-13-11-9-7-2/h15,17,21,23,48H,6-14,16,18-20,22,24-47H2,1-5H3/p+1/b17-15-,23-21-/t48-/m1/s1. The van der Waals surface area contributed by atoms with Crippen LogP contribution in [-0.4, -0.2) is 74.9 Å². The lowest BCUT2D eigenvalue weighted by Crippen LogP contribution is -2.37. The monoisotopic (exact) mass is 871 g/mol. The van der Waals surface area contributed by atoms with Gasteiger partial charge < -0.3 is 18.9 Å². The van der Waals surface area contributed by atoms with Crippen molar-refractivity contribution in [1.82, 2.24) is 0 Å². The maximum absolute atomic E-state index is 12.7. The number of hydrogen-bond donors (Lipinski definition) is 1. The van der Waals surface area contributed by atoms with Crippen molar-refractivity contribution in [1.29, 1.82) is 0 Å². The summed E-state index contributed by atoms with van der Waals surface area (Å²) in [5, 5.41) is 0. The summed E-state index contributed by atoms with van der Waals surface area (Å²) in [6.45, 7) is 4.43. The summed E-state index contributed by atoms with van der Waals surface area (Å²) >= 11 is 0. The third kappa shape index (κ3) is 46.0. The Morgan fingerprint density at radius 1 is 0.517 bits per heavy atom. The summed E-state index contributed by atoms with van der Waals surface area (Å²) in [5.74, 6) is -0.796. The predicted molar refractivity (Wildman–Crippen MR) is 252 cm³/mol. The molecule has 0 rings (SSSR count). The van der Waals surface area contributed by atoms with Gasteiger partial charge in [-0.3, -0.25) is 18.6 Å². The van der Waals surface area contributed by atoms with Crippen LogP contribution in [0.15, 0.2) is 24.3 Å². The number of rotatable bonds is 46. The number of allylic oxidation sites excluding steroid dienone is 4. The van der Waals surface area contributed by atoms with Crippen LogP contribution in [0.25, 0.3) is 0 Å². The molecule has 0 bridgehead atoms. The Morgan fingerprint density at radius 2 is 0.900 bits per heavy atom. The van der Waals surface area contributed by atoms with Crippen molar-refractivity contribution in [3.8, 4) is 0 Å². The zero-order valence-electron chi connectivity index (χ0n) is 40.0. The summed E-state index contributed by atoms with van der Waals surface area (Å²) in [6, 6.07) is 0. The van der Waals surface area contributed by atoms with Crippen LogP contribution in [0, 0.1) is 0 Å². The molecule has 0 spiro atoms. The largest absolute Gasteiger partial charge is 0.472 e. The Morgan fingerprint density at radius 3 is 1.35 bits per heavy atom. The third-order valence-electron chi connectivity index (χ3n) is 11.0. The number of hydrogen-bond acceptors (Lipinski definition) is 7. The molecule has 10 heteroatoms. The first-order chi connectivity index (χ1) is 29.0. The van der Waals surface area contributed by atoms with Crippen molar-refractivity contribution in [2.75, 3.05) is 47.5 Å². The number of likely N-dealkylation sites (N-methyl/N-ethyl adjacent to an activating group) is 1. The molecular formula is C50H97NO8P+. The zero-order valence-corrected chi connectivity index (χ0v) is 40.9. The highest BCUT2D eigenvalue weighted by Gasteiger charge is 2.27. The molecule has 2 atom stereocenters. The highest BCUT2D eigenvalue weighted by Crippen LogP contribution is 2.43. The fourth-order valence-corrected chi connectivity index (χ4v) is 7.79. The summed E-state index contributed by atoms with van der Waals surface area (Å²) in [6.07, 6.45) is 47.9. The Labute approximate surface area is 370 Å². The number of quaternary nitrogens is 1. The quantitative estimate of drug-likeness (QED) is 0.0212. The molecule has 0 radical (unpaired) electrons. The molecule has 0 aliphatic carbocycles. The van der Waals surface area contributed by atoms with E-state index in [1.165, 1.54) is 148 Å². The molecule has 9 nitrogen and oxygen atoms in total. The van der Waals surface area contributed by atoms with Gasteiger partial charge in [-0.1, -0.05) is 199 Å². The van der Waals surface area contributed by atoms with E-state index >= 15 is 0 Å². The summed E-state index contributed by atoms with van der Waals surface area (Å²) in [7, 11) is 1.48. The van der Waals surface area contributed by atoms with Gasteiger partial charge in [-0.05, 0) is 44.9 Å². The smallest absolute Gasteiger partial charge is 0.462 e. The SMILES string of the molecule is CCCCC/C=C\C/C=C\CCCCCCCCCC(=O)OC[C@H](COP(=O)(O)OCC[N+](C)(C)C)OC(=O)CCCCCCCCCCCCCCCCCCCCC. The highest BCUT2D eigenvalue weighted by molar-refractivity contribution is 7.47. The number of carbonyl (C=O) groups excluding carboxylic acids is 2. The molecule has 0 heterocycles. The molecule has 0 aromatic carbocycles.